The van der Waals surface area contributed by atoms with Crippen molar-refractivity contribution in [3.05, 3.63) is 0 Å². The number of thioether (sulfide) groups is 1. The molecule has 0 aromatic heterocycles. The molecule has 2 rings (SSSR count). The summed E-state index contributed by atoms with van der Waals surface area (Å²) in [7, 11) is 0. The van der Waals surface area contributed by atoms with Crippen LogP contribution in [0.15, 0.2) is 0 Å². The minimum absolute atomic E-state index is 0.259. The predicted octanol–water partition coefficient (Wildman–Crippen LogP) is 1.68. The summed E-state index contributed by atoms with van der Waals surface area (Å²) in [6, 6.07) is -0.848. The number of rotatable bonds is 8. The first-order valence-corrected chi connectivity index (χ1v) is 8.30. The lowest BCUT2D eigenvalue weighted by atomic mass is 10.1. The van der Waals surface area contributed by atoms with Crippen molar-refractivity contribution in [1.82, 2.24) is 10.6 Å². The van der Waals surface area contributed by atoms with Crippen molar-refractivity contribution < 1.29 is 14.7 Å². The van der Waals surface area contributed by atoms with Gasteiger partial charge in [0.05, 0.1) is 0 Å². The first kappa shape index (κ1) is 14.5. The molecular weight excluding hydrogens is 264 g/mol. The van der Waals surface area contributed by atoms with Crippen LogP contribution in [0.4, 0.5) is 4.79 Å². The summed E-state index contributed by atoms with van der Waals surface area (Å²) in [5, 5.41) is 14.6. The molecule has 2 aliphatic rings. The number of urea groups is 1. The smallest absolute Gasteiger partial charge is 0.326 e. The highest BCUT2D eigenvalue weighted by atomic mass is 32.2. The predicted molar refractivity (Wildman–Crippen MR) is 75.3 cm³/mol. The van der Waals surface area contributed by atoms with Crippen LogP contribution < -0.4 is 10.6 Å². The minimum atomic E-state index is -0.960. The van der Waals surface area contributed by atoms with Gasteiger partial charge in [-0.25, -0.2) is 9.59 Å². The SMILES string of the molecule is CSCC[C@@H](NC(=O)NC(C1CC1)C1CC1)C(=O)O. The third-order valence-electron chi connectivity index (χ3n) is 3.77. The molecule has 5 nitrogen and oxygen atoms in total. The van der Waals surface area contributed by atoms with Crippen LogP contribution >= 0.6 is 11.8 Å². The number of aliphatic carboxylic acids is 1. The molecule has 0 heterocycles. The van der Waals surface area contributed by atoms with Gasteiger partial charge in [-0.15, -0.1) is 0 Å². The zero-order chi connectivity index (χ0) is 13.8. The Morgan fingerprint density at radius 2 is 1.79 bits per heavy atom. The molecule has 19 heavy (non-hydrogen) atoms. The summed E-state index contributed by atoms with van der Waals surface area (Å²) >= 11 is 1.58. The van der Waals surface area contributed by atoms with E-state index in [0.717, 1.165) is 5.75 Å². The third-order valence-corrected chi connectivity index (χ3v) is 4.42. The molecular formula is C13H22N2O3S. The normalized spacial score (nSPS) is 20.1. The van der Waals surface area contributed by atoms with E-state index in [1.807, 2.05) is 6.26 Å². The van der Waals surface area contributed by atoms with Gasteiger partial charge < -0.3 is 15.7 Å². The lowest BCUT2D eigenvalue weighted by Gasteiger charge is -2.20. The highest BCUT2D eigenvalue weighted by molar-refractivity contribution is 7.98. The summed E-state index contributed by atoms with van der Waals surface area (Å²) in [5.41, 5.74) is 0. The summed E-state index contributed by atoms with van der Waals surface area (Å²) in [6.07, 6.45) is 7.15. The van der Waals surface area contributed by atoms with Gasteiger partial charge in [0, 0.05) is 6.04 Å². The number of amides is 2. The molecule has 3 N–H and O–H groups in total. The van der Waals surface area contributed by atoms with Crippen molar-refractivity contribution in [2.75, 3.05) is 12.0 Å². The highest BCUT2D eigenvalue weighted by Crippen LogP contribution is 2.44. The zero-order valence-corrected chi connectivity index (χ0v) is 12.0. The van der Waals surface area contributed by atoms with Crippen LogP contribution in [0.3, 0.4) is 0 Å². The van der Waals surface area contributed by atoms with Gasteiger partial charge in [0.2, 0.25) is 0 Å². The Morgan fingerprint density at radius 3 is 2.21 bits per heavy atom. The molecule has 0 aliphatic heterocycles. The fraction of sp³-hybridized carbons (Fsp3) is 0.846. The van der Waals surface area contributed by atoms with Gasteiger partial charge in [-0.05, 0) is 55.9 Å². The Kier molecular flexibility index (Phi) is 4.96. The lowest BCUT2D eigenvalue weighted by Crippen LogP contribution is -2.50. The van der Waals surface area contributed by atoms with Crippen LogP contribution in [0.25, 0.3) is 0 Å². The number of carbonyl (C=O) groups excluding carboxylic acids is 1. The number of nitrogens with one attached hydrogen (secondary N) is 2. The van der Waals surface area contributed by atoms with E-state index >= 15 is 0 Å². The largest absolute Gasteiger partial charge is 0.480 e. The molecule has 0 unspecified atom stereocenters. The first-order valence-electron chi connectivity index (χ1n) is 6.90. The Hall–Kier alpha value is -0.910. The molecule has 0 saturated heterocycles. The second-order valence-electron chi connectivity index (χ2n) is 5.49. The maximum atomic E-state index is 11.9. The summed E-state index contributed by atoms with van der Waals surface area (Å²) < 4.78 is 0. The Bertz CT molecular complexity index is 331. The quantitative estimate of drug-likeness (QED) is 0.634. The van der Waals surface area contributed by atoms with Crippen LogP contribution in [-0.2, 0) is 4.79 Å². The van der Waals surface area contributed by atoms with E-state index in [4.69, 9.17) is 5.11 Å². The number of carbonyl (C=O) groups is 2. The van der Waals surface area contributed by atoms with Crippen molar-refractivity contribution in [2.24, 2.45) is 11.8 Å². The van der Waals surface area contributed by atoms with Crippen molar-refractivity contribution in [2.45, 2.75) is 44.2 Å². The van der Waals surface area contributed by atoms with Gasteiger partial charge in [-0.2, -0.15) is 11.8 Å². The maximum absolute atomic E-state index is 11.9. The monoisotopic (exact) mass is 286 g/mol. The first-order chi connectivity index (χ1) is 9.11. The van der Waals surface area contributed by atoms with Crippen molar-refractivity contribution in [3.8, 4) is 0 Å². The molecule has 2 saturated carbocycles. The molecule has 2 fully saturated rings. The average Bonchev–Trinajstić information content (AvgIpc) is 3.24. The number of hydrogen-bond acceptors (Lipinski definition) is 3. The Labute approximate surface area is 117 Å². The molecule has 0 radical (unpaired) electrons. The summed E-state index contributed by atoms with van der Waals surface area (Å²) in [5.74, 6) is 1.00. The van der Waals surface area contributed by atoms with E-state index in [-0.39, 0.29) is 12.1 Å². The number of hydrogen-bond donors (Lipinski definition) is 3. The number of carboxylic acids is 1. The fourth-order valence-electron chi connectivity index (χ4n) is 2.38. The lowest BCUT2D eigenvalue weighted by molar-refractivity contribution is -0.139. The maximum Gasteiger partial charge on any atom is 0.326 e. The highest BCUT2D eigenvalue weighted by Gasteiger charge is 2.42. The molecule has 0 aromatic rings. The molecule has 1 atom stereocenters. The van der Waals surface area contributed by atoms with E-state index < -0.39 is 12.0 Å². The second kappa shape index (κ2) is 6.50. The van der Waals surface area contributed by atoms with E-state index in [0.29, 0.717) is 18.3 Å². The molecule has 0 aromatic carbocycles. The van der Waals surface area contributed by atoms with Crippen LogP contribution in [0.2, 0.25) is 0 Å². The van der Waals surface area contributed by atoms with Crippen LogP contribution in [0, 0.1) is 11.8 Å². The van der Waals surface area contributed by atoms with E-state index in [9.17, 15) is 9.59 Å². The minimum Gasteiger partial charge on any atom is -0.480 e. The molecule has 2 amide bonds. The van der Waals surface area contributed by atoms with E-state index in [2.05, 4.69) is 10.6 Å². The molecule has 108 valence electrons. The van der Waals surface area contributed by atoms with Crippen LogP contribution in [0.1, 0.15) is 32.1 Å². The van der Waals surface area contributed by atoms with Crippen LogP contribution in [-0.4, -0.2) is 41.2 Å². The van der Waals surface area contributed by atoms with Gasteiger partial charge in [0.25, 0.3) is 0 Å². The van der Waals surface area contributed by atoms with Crippen molar-refractivity contribution >= 4 is 23.8 Å². The average molecular weight is 286 g/mol. The third kappa shape index (κ3) is 4.60. The van der Waals surface area contributed by atoms with Gasteiger partial charge >= 0.3 is 12.0 Å². The van der Waals surface area contributed by atoms with E-state index in [1.54, 1.807) is 11.8 Å². The van der Waals surface area contributed by atoms with Gasteiger partial charge in [-0.3, -0.25) is 0 Å². The fourth-order valence-corrected chi connectivity index (χ4v) is 2.85. The van der Waals surface area contributed by atoms with Gasteiger partial charge in [-0.1, -0.05) is 0 Å². The summed E-state index contributed by atoms with van der Waals surface area (Å²) in [6.45, 7) is 0. The standard InChI is InChI=1S/C13H22N2O3S/c1-19-7-6-10(12(16)17)14-13(18)15-11(8-2-3-8)9-4-5-9/h8-11H,2-7H2,1H3,(H,16,17)(H2,14,15,18)/t10-/m1/s1. The topological polar surface area (TPSA) is 78.4 Å². The zero-order valence-electron chi connectivity index (χ0n) is 11.2. The Morgan fingerprint density at radius 1 is 1.21 bits per heavy atom. The molecule has 0 spiro atoms. The molecule has 2 aliphatic carbocycles. The molecule has 6 heteroatoms. The van der Waals surface area contributed by atoms with Crippen molar-refractivity contribution in [3.63, 3.8) is 0 Å². The second-order valence-corrected chi connectivity index (χ2v) is 6.48. The van der Waals surface area contributed by atoms with Crippen LogP contribution in [0.5, 0.6) is 0 Å². The van der Waals surface area contributed by atoms with E-state index in [1.165, 1.54) is 25.7 Å². The van der Waals surface area contributed by atoms with Gasteiger partial charge in [0.1, 0.15) is 6.04 Å². The van der Waals surface area contributed by atoms with Gasteiger partial charge in [0.15, 0.2) is 0 Å². The van der Waals surface area contributed by atoms with Crippen molar-refractivity contribution in [1.29, 1.82) is 0 Å². The number of carboxylic acid groups (broad SMARTS) is 1. The summed E-state index contributed by atoms with van der Waals surface area (Å²) in [4.78, 5) is 23.0. The Balaban J connectivity index is 1.78. The molecule has 0 bridgehead atoms.